The van der Waals surface area contributed by atoms with E-state index in [1.807, 2.05) is 0 Å². The Bertz CT molecular complexity index is 208. The van der Waals surface area contributed by atoms with Gasteiger partial charge in [-0.2, -0.15) is 0 Å². The van der Waals surface area contributed by atoms with E-state index in [0.717, 1.165) is 0 Å². The third kappa shape index (κ3) is 1640. The van der Waals surface area contributed by atoms with Crippen molar-refractivity contribution >= 4 is 65.4 Å². The molecule has 0 saturated heterocycles. The molecule has 12 nitrogen and oxygen atoms in total. The average Bonchev–Trinajstić information content (AvgIpc) is 1.41. The molecule has 17 heteroatoms. The van der Waals surface area contributed by atoms with Crippen molar-refractivity contribution in [2.75, 3.05) is 0 Å². The van der Waals surface area contributed by atoms with E-state index in [-0.39, 0.29) is 42.0 Å². The van der Waals surface area contributed by atoms with E-state index in [1.54, 1.807) is 0 Å². The summed E-state index contributed by atoms with van der Waals surface area (Å²) in [4.78, 5) is 64.7. The quantitative estimate of drug-likeness (QED) is 0.156. The first-order valence-corrected chi connectivity index (χ1v) is 7.04. The van der Waals surface area contributed by atoms with Gasteiger partial charge in [-0.05, 0) is 0 Å². The normalized spacial score (nSPS) is 10.4. The minimum atomic E-state index is -4.64. The molecule has 0 aliphatic carbocycles. The van der Waals surface area contributed by atoms with Crippen molar-refractivity contribution < 1.29 is 57.7 Å². The van der Waals surface area contributed by atoms with Crippen LogP contribution in [0.2, 0.25) is 0 Å². The van der Waals surface area contributed by atoms with Crippen molar-refractivity contribution in [1.29, 1.82) is 0 Å². The molecule has 0 aliphatic rings. The Kier molecular flexibility index (Phi) is 23.2. The number of hydrogen-bond acceptors (Lipinski definition) is 3. The standard InChI is InChI=1S/ClH.Na.3H3O4P.H/c;;3*1-5(2,3)4;/h1H;;3*(H3,1,2,3,4);. The molecule has 106 valence electrons. The number of hydrogen-bond donors (Lipinski definition) is 9. The van der Waals surface area contributed by atoms with Crippen LogP contribution in [0.1, 0.15) is 0 Å². The summed E-state index contributed by atoms with van der Waals surface area (Å²) < 4.78 is 26.6. The topological polar surface area (TPSA) is 233 Å². The van der Waals surface area contributed by atoms with Gasteiger partial charge < -0.3 is 44.0 Å². The molecule has 0 spiro atoms. The fourth-order valence-corrected chi connectivity index (χ4v) is 0. The van der Waals surface area contributed by atoms with Crippen molar-refractivity contribution in [1.82, 2.24) is 0 Å². The maximum atomic E-state index is 8.88. The van der Waals surface area contributed by atoms with Crippen LogP contribution in [0.15, 0.2) is 0 Å². The Morgan fingerprint density at radius 3 is 0.471 bits per heavy atom. The Morgan fingerprint density at radius 2 is 0.471 bits per heavy atom. The molecule has 0 amide bonds. The Balaban J connectivity index is -0.0000000400. The SMILES string of the molecule is Cl.O=P(O)(O)O.O=P(O)(O)O.O=P(O)(O)O.[NaH]. The summed E-state index contributed by atoms with van der Waals surface area (Å²) in [6, 6.07) is 0. The molecule has 0 aliphatic heterocycles. The second-order valence-corrected chi connectivity index (χ2v) is 4.62. The fourth-order valence-electron chi connectivity index (χ4n) is 0. The maximum absolute atomic E-state index is 8.88. The average molecular weight is 354 g/mol. The molecular formula is H11ClNaO12P3. The van der Waals surface area contributed by atoms with Gasteiger partial charge in [0.1, 0.15) is 0 Å². The second kappa shape index (κ2) is 12.6. The van der Waals surface area contributed by atoms with E-state index in [1.165, 1.54) is 0 Å². The Labute approximate surface area is 123 Å². The van der Waals surface area contributed by atoms with Crippen LogP contribution in [0.25, 0.3) is 0 Å². The first-order valence-electron chi connectivity index (χ1n) is 2.35. The van der Waals surface area contributed by atoms with Crippen molar-refractivity contribution in [3.05, 3.63) is 0 Å². The summed E-state index contributed by atoms with van der Waals surface area (Å²) in [5.74, 6) is 0. The first-order chi connectivity index (χ1) is 6.00. The van der Waals surface area contributed by atoms with Crippen LogP contribution in [0.4, 0.5) is 0 Å². The van der Waals surface area contributed by atoms with E-state index in [0.29, 0.717) is 0 Å². The van der Waals surface area contributed by atoms with Gasteiger partial charge in [-0.15, -0.1) is 12.4 Å². The van der Waals surface area contributed by atoms with Gasteiger partial charge in [0.25, 0.3) is 0 Å². The van der Waals surface area contributed by atoms with Gasteiger partial charge in [0.2, 0.25) is 0 Å². The molecular weight excluding hydrogens is 343 g/mol. The number of rotatable bonds is 0. The van der Waals surface area contributed by atoms with Crippen LogP contribution >= 0.6 is 35.9 Å². The van der Waals surface area contributed by atoms with Gasteiger partial charge in [-0.1, -0.05) is 0 Å². The molecule has 0 atom stereocenters. The van der Waals surface area contributed by atoms with Crippen molar-refractivity contribution in [3.63, 3.8) is 0 Å². The van der Waals surface area contributed by atoms with Crippen LogP contribution < -0.4 is 0 Å². The van der Waals surface area contributed by atoms with E-state index in [4.69, 9.17) is 57.7 Å². The molecule has 0 fully saturated rings. The summed E-state index contributed by atoms with van der Waals surface area (Å²) in [7, 11) is -13.9. The molecule has 0 unspecified atom stereocenters. The molecule has 0 heterocycles. The van der Waals surface area contributed by atoms with Crippen LogP contribution in [-0.4, -0.2) is 73.6 Å². The van der Waals surface area contributed by atoms with Crippen LogP contribution in [0, 0.1) is 0 Å². The van der Waals surface area contributed by atoms with Crippen LogP contribution in [-0.2, 0) is 13.7 Å². The van der Waals surface area contributed by atoms with Crippen molar-refractivity contribution in [2.45, 2.75) is 0 Å². The Hall–Kier alpha value is 1.62. The monoisotopic (exact) mass is 354 g/mol. The van der Waals surface area contributed by atoms with Crippen LogP contribution in [0.3, 0.4) is 0 Å². The molecule has 17 heavy (non-hydrogen) atoms. The number of phosphoric acid groups is 3. The molecule has 0 radical (unpaired) electrons. The van der Waals surface area contributed by atoms with E-state index in [2.05, 4.69) is 0 Å². The van der Waals surface area contributed by atoms with Gasteiger partial charge in [-0.25, -0.2) is 13.7 Å². The molecule has 0 bridgehead atoms. The zero-order valence-corrected chi connectivity index (χ0v) is 10.5. The van der Waals surface area contributed by atoms with E-state index < -0.39 is 23.5 Å². The van der Waals surface area contributed by atoms with Crippen molar-refractivity contribution in [3.8, 4) is 0 Å². The van der Waals surface area contributed by atoms with E-state index in [9.17, 15) is 0 Å². The molecule has 0 aromatic carbocycles. The summed E-state index contributed by atoms with van der Waals surface area (Å²) in [5.41, 5.74) is 0. The van der Waals surface area contributed by atoms with E-state index >= 15 is 0 Å². The third-order valence-corrected chi connectivity index (χ3v) is 0. The fraction of sp³-hybridized carbons (Fsp3) is 0. The molecule has 0 aromatic rings. The summed E-state index contributed by atoms with van der Waals surface area (Å²) in [6.07, 6.45) is 0. The predicted molar refractivity (Wildman–Crippen MR) is 57.2 cm³/mol. The first kappa shape index (κ1) is 31.2. The van der Waals surface area contributed by atoms with Gasteiger partial charge in [0, 0.05) is 0 Å². The zero-order valence-electron chi connectivity index (χ0n) is 7.00. The third-order valence-electron chi connectivity index (χ3n) is 0. The molecule has 0 rings (SSSR count). The zero-order chi connectivity index (χ0) is 13.5. The molecule has 0 aromatic heterocycles. The molecule has 9 N–H and O–H groups in total. The van der Waals surface area contributed by atoms with Gasteiger partial charge >= 0.3 is 53.0 Å². The number of halogens is 1. The van der Waals surface area contributed by atoms with Gasteiger partial charge in [-0.3, -0.25) is 0 Å². The van der Waals surface area contributed by atoms with Crippen LogP contribution in [0.5, 0.6) is 0 Å². The molecule has 0 saturated carbocycles. The summed E-state index contributed by atoms with van der Waals surface area (Å²) >= 11 is 0. The second-order valence-electron chi connectivity index (χ2n) is 1.54. The summed E-state index contributed by atoms with van der Waals surface area (Å²) in [6.45, 7) is 0. The summed E-state index contributed by atoms with van der Waals surface area (Å²) in [5, 5.41) is 0. The Morgan fingerprint density at radius 1 is 0.471 bits per heavy atom. The minimum absolute atomic E-state index is 0. The van der Waals surface area contributed by atoms with Crippen molar-refractivity contribution in [2.24, 2.45) is 0 Å². The predicted octanol–water partition coefficient (Wildman–Crippen LogP) is -3.01. The van der Waals surface area contributed by atoms with Gasteiger partial charge in [0.15, 0.2) is 0 Å². The van der Waals surface area contributed by atoms with Gasteiger partial charge in [0.05, 0.1) is 0 Å².